The van der Waals surface area contributed by atoms with Crippen LogP contribution in [0.15, 0.2) is 66.0 Å². The highest BCUT2D eigenvalue weighted by Gasteiger charge is 2.36. The van der Waals surface area contributed by atoms with Gasteiger partial charge in [0.15, 0.2) is 0 Å². The number of nitrogens with zero attached hydrogens (tertiary/aromatic N) is 1. The molecular formula is C25H26FNO4. The van der Waals surface area contributed by atoms with Crippen LogP contribution in [0.5, 0.6) is 0 Å². The van der Waals surface area contributed by atoms with Crippen LogP contribution in [0.3, 0.4) is 0 Å². The molecule has 0 amide bonds. The van der Waals surface area contributed by atoms with Crippen molar-refractivity contribution in [3.63, 3.8) is 0 Å². The van der Waals surface area contributed by atoms with E-state index in [1.807, 2.05) is 32.0 Å². The molecule has 0 atom stereocenters. The summed E-state index contributed by atoms with van der Waals surface area (Å²) >= 11 is 0. The molecule has 0 saturated carbocycles. The van der Waals surface area contributed by atoms with Gasteiger partial charge in [-0.1, -0.05) is 35.9 Å². The summed E-state index contributed by atoms with van der Waals surface area (Å²) in [5.74, 6) is -1.90. The maximum Gasteiger partial charge on any atom is 0.336 e. The fourth-order valence-corrected chi connectivity index (χ4v) is 3.73. The van der Waals surface area contributed by atoms with Gasteiger partial charge in [0.05, 0.1) is 31.3 Å². The quantitative estimate of drug-likeness (QED) is 0.652. The van der Waals surface area contributed by atoms with Gasteiger partial charge in [-0.2, -0.15) is 0 Å². The van der Waals surface area contributed by atoms with Gasteiger partial charge in [0.1, 0.15) is 5.82 Å². The lowest BCUT2D eigenvalue weighted by Gasteiger charge is -2.31. The average molecular weight is 423 g/mol. The maximum absolute atomic E-state index is 13.2. The zero-order valence-electron chi connectivity index (χ0n) is 18.1. The number of rotatable bonds is 6. The number of benzene rings is 2. The van der Waals surface area contributed by atoms with E-state index < -0.39 is 17.9 Å². The second kappa shape index (κ2) is 9.60. The molecule has 0 radical (unpaired) electrons. The van der Waals surface area contributed by atoms with Crippen LogP contribution in [0.1, 0.15) is 28.2 Å². The van der Waals surface area contributed by atoms with Crippen LogP contribution in [-0.4, -0.2) is 37.6 Å². The van der Waals surface area contributed by atoms with E-state index in [4.69, 9.17) is 9.47 Å². The Hall–Kier alpha value is -3.41. The summed E-state index contributed by atoms with van der Waals surface area (Å²) in [5.41, 5.74) is 4.50. The summed E-state index contributed by atoms with van der Waals surface area (Å²) in [7, 11) is 2.64. The van der Waals surface area contributed by atoms with Crippen LogP contribution in [-0.2, 0) is 25.5 Å². The number of carbonyl (C=O) groups excluding carboxylic acids is 2. The van der Waals surface area contributed by atoms with E-state index in [2.05, 4.69) is 0 Å². The predicted octanol–water partition coefficient (Wildman–Crippen LogP) is 4.20. The lowest BCUT2D eigenvalue weighted by Crippen LogP contribution is -2.30. The molecule has 31 heavy (non-hydrogen) atoms. The molecule has 6 heteroatoms. The lowest BCUT2D eigenvalue weighted by atomic mass is 9.81. The molecule has 0 spiro atoms. The molecular weight excluding hydrogens is 397 g/mol. The Morgan fingerprint density at radius 2 is 1.52 bits per heavy atom. The van der Waals surface area contributed by atoms with Crippen molar-refractivity contribution in [1.29, 1.82) is 0 Å². The lowest BCUT2D eigenvalue weighted by molar-refractivity contribution is -0.137. The van der Waals surface area contributed by atoms with E-state index >= 15 is 0 Å². The first-order valence-corrected chi connectivity index (χ1v) is 10.0. The second-order valence-corrected chi connectivity index (χ2v) is 7.56. The second-order valence-electron chi connectivity index (χ2n) is 7.56. The minimum absolute atomic E-state index is 0.293. The van der Waals surface area contributed by atoms with Crippen LogP contribution in [0, 0.1) is 19.7 Å². The Balaban J connectivity index is 2.02. The summed E-state index contributed by atoms with van der Waals surface area (Å²) in [4.78, 5) is 27.2. The van der Waals surface area contributed by atoms with Crippen molar-refractivity contribution in [3.05, 3.63) is 94.1 Å². The minimum Gasteiger partial charge on any atom is -0.466 e. The Labute approximate surface area is 181 Å². The molecule has 0 fully saturated rings. The van der Waals surface area contributed by atoms with Crippen molar-refractivity contribution < 1.29 is 23.5 Å². The van der Waals surface area contributed by atoms with E-state index in [9.17, 15) is 14.0 Å². The third kappa shape index (κ3) is 5.02. The van der Waals surface area contributed by atoms with Crippen molar-refractivity contribution in [3.8, 4) is 0 Å². The van der Waals surface area contributed by atoms with Crippen molar-refractivity contribution in [2.24, 2.45) is 0 Å². The molecule has 5 nitrogen and oxygen atoms in total. The summed E-state index contributed by atoms with van der Waals surface area (Å²) in [6, 6.07) is 12.2. The van der Waals surface area contributed by atoms with Crippen molar-refractivity contribution in [2.45, 2.75) is 26.2 Å². The number of esters is 2. The molecule has 0 aliphatic carbocycles. The van der Waals surface area contributed by atoms with Gasteiger partial charge in [0.25, 0.3) is 0 Å². The molecule has 1 heterocycles. The molecule has 0 saturated heterocycles. The third-order valence-corrected chi connectivity index (χ3v) is 5.39. The number of aryl methyl sites for hydroxylation is 2. The molecule has 2 aromatic carbocycles. The van der Waals surface area contributed by atoms with Gasteiger partial charge < -0.3 is 14.4 Å². The Bertz CT molecular complexity index is 1010. The fourth-order valence-electron chi connectivity index (χ4n) is 3.73. The third-order valence-electron chi connectivity index (χ3n) is 5.39. The van der Waals surface area contributed by atoms with Gasteiger partial charge in [-0.3, -0.25) is 0 Å². The summed E-state index contributed by atoms with van der Waals surface area (Å²) in [5, 5.41) is 0. The first kappa shape index (κ1) is 22.3. The number of carbonyl (C=O) groups is 2. The molecule has 1 aliphatic heterocycles. The van der Waals surface area contributed by atoms with Gasteiger partial charge in [0.2, 0.25) is 0 Å². The van der Waals surface area contributed by atoms with Gasteiger partial charge in [0, 0.05) is 18.9 Å². The zero-order chi connectivity index (χ0) is 22.5. The minimum atomic E-state index is -0.595. The van der Waals surface area contributed by atoms with Crippen molar-refractivity contribution >= 4 is 11.9 Å². The molecule has 162 valence electrons. The number of hydrogen-bond acceptors (Lipinski definition) is 5. The van der Waals surface area contributed by atoms with Crippen molar-refractivity contribution in [2.75, 3.05) is 20.8 Å². The molecule has 3 rings (SSSR count). The van der Waals surface area contributed by atoms with Gasteiger partial charge in [-0.05, 0) is 49.1 Å². The van der Waals surface area contributed by atoms with Crippen LogP contribution in [0.2, 0.25) is 0 Å². The topological polar surface area (TPSA) is 55.8 Å². The number of halogens is 1. The molecule has 0 aromatic heterocycles. The normalized spacial score (nSPS) is 14.0. The van der Waals surface area contributed by atoms with Crippen LogP contribution >= 0.6 is 0 Å². The highest BCUT2D eigenvalue weighted by molar-refractivity contribution is 5.98. The van der Waals surface area contributed by atoms with Gasteiger partial charge in [-0.25, -0.2) is 14.0 Å². The SMILES string of the molecule is COC(=O)C1=CN(CCc2ccc(F)cc2)C=C(C(=O)OC)C1c1cc(C)ccc1C. The number of methoxy groups -OCH3 is 2. The van der Waals surface area contributed by atoms with Crippen LogP contribution in [0.4, 0.5) is 4.39 Å². The predicted molar refractivity (Wildman–Crippen MR) is 116 cm³/mol. The van der Waals surface area contributed by atoms with Crippen LogP contribution in [0.25, 0.3) is 0 Å². The first-order chi connectivity index (χ1) is 14.8. The van der Waals surface area contributed by atoms with E-state index in [0.717, 1.165) is 22.3 Å². The Kier molecular flexibility index (Phi) is 6.90. The highest BCUT2D eigenvalue weighted by atomic mass is 19.1. The Morgan fingerprint density at radius 3 is 2.06 bits per heavy atom. The molecule has 0 unspecified atom stereocenters. The standard InChI is InChI=1S/C25H26FNO4/c1-16-5-6-17(2)20(13-16)23-21(24(28)30-3)14-27(15-22(23)25(29)31-4)12-11-18-7-9-19(26)10-8-18/h5-10,13-15,23H,11-12H2,1-4H3. The fraction of sp³-hybridized carbons (Fsp3) is 0.280. The van der Waals surface area contributed by atoms with E-state index in [-0.39, 0.29) is 5.82 Å². The van der Waals surface area contributed by atoms with E-state index in [1.165, 1.54) is 26.4 Å². The van der Waals surface area contributed by atoms with E-state index in [1.54, 1.807) is 29.4 Å². The first-order valence-electron chi connectivity index (χ1n) is 10.0. The van der Waals surface area contributed by atoms with E-state index in [0.29, 0.717) is 24.1 Å². The molecule has 1 aliphatic rings. The Morgan fingerprint density at radius 1 is 0.935 bits per heavy atom. The largest absolute Gasteiger partial charge is 0.466 e. The number of hydrogen-bond donors (Lipinski definition) is 0. The maximum atomic E-state index is 13.2. The monoisotopic (exact) mass is 423 g/mol. The smallest absolute Gasteiger partial charge is 0.336 e. The summed E-state index contributed by atoms with van der Waals surface area (Å²) in [6.45, 7) is 4.40. The van der Waals surface area contributed by atoms with Crippen molar-refractivity contribution in [1.82, 2.24) is 4.90 Å². The highest BCUT2D eigenvalue weighted by Crippen LogP contribution is 2.38. The van der Waals surface area contributed by atoms with Crippen LogP contribution < -0.4 is 0 Å². The molecule has 0 bridgehead atoms. The average Bonchev–Trinajstić information content (AvgIpc) is 2.78. The molecule has 2 aromatic rings. The summed E-state index contributed by atoms with van der Waals surface area (Å²) < 4.78 is 23.3. The van der Waals surface area contributed by atoms with Gasteiger partial charge >= 0.3 is 11.9 Å². The summed E-state index contributed by atoms with van der Waals surface area (Å²) in [6.07, 6.45) is 4.03. The zero-order valence-corrected chi connectivity index (χ0v) is 18.1. The molecule has 0 N–H and O–H groups in total. The number of ether oxygens (including phenoxy) is 2. The van der Waals surface area contributed by atoms with Gasteiger partial charge in [-0.15, -0.1) is 0 Å².